The lowest BCUT2D eigenvalue weighted by molar-refractivity contribution is 0.0985. The van der Waals surface area contributed by atoms with Gasteiger partial charge in [0, 0.05) is 6.42 Å². The van der Waals surface area contributed by atoms with Gasteiger partial charge in [0.15, 0.2) is 5.78 Å². The van der Waals surface area contributed by atoms with Crippen LogP contribution in [0.5, 0.6) is 0 Å². The summed E-state index contributed by atoms with van der Waals surface area (Å²) in [6, 6.07) is 2.10. The molecule has 0 bridgehead atoms. The van der Waals surface area contributed by atoms with Gasteiger partial charge < -0.3 is 0 Å². The van der Waals surface area contributed by atoms with Gasteiger partial charge in [-0.15, -0.1) is 11.3 Å². The molecule has 0 saturated carbocycles. The number of unbranched alkanes of at least 4 members (excludes halogenated alkanes) is 1. The first-order chi connectivity index (χ1) is 6.79. The molecule has 0 fully saturated rings. The number of rotatable bonds is 6. The standard InChI is InChI=1S/C12H18OS/c1-3-5-7-10-8-9-14-12(10)11(13)6-4-2/h8-9H,3-7H2,1-2H3. The van der Waals surface area contributed by atoms with Crippen molar-refractivity contribution in [3.8, 4) is 0 Å². The summed E-state index contributed by atoms with van der Waals surface area (Å²) in [4.78, 5) is 12.7. The number of carbonyl (C=O) groups is 1. The van der Waals surface area contributed by atoms with E-state index in [0.717, 1.165) is 17.7 Å². The number of thiophene rings is 1. The van der Waals surface area contributed by atoms with Crippen molar-refractivity contribution in [2.45, 2.75) is 46.0 Å². The van der Waals surface area contributed by atoms with Crippen molar-refractivity contribution in [3.63, 3.8) is 0 Å². The summed E-state index contributed by atoms with van der Waals surface area (Å²) in [5.41, 5.74) is 1.26. The van der Waals surface area contributed by atoms with Crippen LogP contribution in [0.25, 0.3) is 0 Å². The Kier molecular flexibility index (Phi) is 4.88. The minimum absolute atomic E-state index is 0.327. The van der Waals surface area contributed by atoms with Gasteiger partial charge in [-0.2, -0.15) is 0 Å². The van der Waals surface area contributed by atoms with E-state index in [0.29, 0.717) is 12.2 Å². The van der Waals surface area contributed by atoms with Crippen LogP contribution in [0, 0.1) is 0 Å². The molecule has 0 unspecified atom stereocenters. The Morgan fingerprint density at radius 1 is 1.36 bits per heavy atom. The molecule has 0 spiro atoms. The molecule has 0 aliphatic heterocycles. The lowest BCUT2D eigenvalue weighted by atomic mass is 10.1. The lowest BCUT2D eigenvalue weighted by Gasteiger charge is -2.00. The van der Waals surface area contributed by atoms with E-state index in [9.17, 15) is 4.79 Å². The smallest absolute Gasteiger partial charge is 0.173 e. The van der Waals surface area contributed by atoms with Gasteiger partial charge in [0.05, 0.1) is 4.88 Å². The third-order valence-corrected chi connectivity index (χ3v) is 3.27. The number of hydrogen-bond acceptors (Lipinski definition) is 2. The quantitative estimate of drug-likeness (QED) is 0.647. The number of hydrogen-bond donors (Lipinski definition) is 0. The zero-order chi connectivity index (χ0) is 10.4. The Morgan fingerprint density at radius 3 is 2.79 bits per heavy atom. The highest BCUT2D eigenvalue weighted by molar-refractivity contribution is 7.12. The first-order valence-electron chi connectivity index (χ1n) is 5.39. The van der Waals surface area contributed by atoms with Crippen molar-refractivity contribution in [2.24, 2.45) is 0 Å². The van der Waals surface area contributed by atoms with E-state index < -0.39 is 0 Å². The molecule has 0 N–H and O–H groups in total. The third kappa shape index (κ3) is 2.95. The van der Waals surface area contributed by atoms with E-state index in [-0.39, 0.29) is 0 Å². The van der Waals surface area contributed by atoms with E-state index in [1.807, 2.05) is 5.38 Å². The minimum atomic E-state index is 0.327. The summed E-state index contributed by atoms with van der Waals surface area (Å²) in [6.07, 6.45) is 5.08. The van der Waals surface area contributed by atoms with Gasteiger partial charge in [0.1, 0.15) is 0 Å². The Bertz CT molecular complexity index is 288. The van der Waals surface area contributed by atoms with Crippen LogP contribution in [0.4, 0.5) is 0 Å². The van der Waals surface area contributed by atoms with Crippen LogP contribution in [0.3, 0.4) is 0 Å². The molecule has 2 heteroatoms. The summed E-state index contributed by atoms with van der Waals surface area (Å²) in [6.45, 7) is 4.23. The molecule has 14 heavy (non-hydrogen) atoms. The highest BCUT2D eigenvalue weighted by Crippen LogP contribution is 2.21. The second kappa shape index (κ2) is 5.97. The molecule has 0 amide bonds. The molecule has 1 aromatic rings. The molecule has 0 radical (unpaired) electrons. The second-order valence-electron chi connectivity index (χ2n) is 3.55. The molecule has 0 aliphatic rings. The van der Waals surface area contributed by atoms with Gasteiger partial charge in [-0.3, -0.25) is 4.79 Å². The number of carbonyl (C=O) groups excluding carboxylic acids is 1. The second-order valence-corrected chi connectivity index (χ2v) is 4.47. The van der Waals surface area contributed by atoms with Gasteiger partial charge >= 0.3 is 0 Å². The largest absolute Gasteiger partial charge is 0.293 e. The lowest BCUT2D eigenvalue weighted by Crippen LogP contribution is -1.99. The monoisotopic (exact) mass is 210 g/mol. The summed E-state index contributed by atoms with van der Waals surface area (Å²) in [7, 11) is 0. The fourth-order valence-corrected chi connectivity index (χ4v) is 2.41. The van der Waals surface area contributed by atoms with Crippen molar-refractivity contribution in [1.82, 2.24) is 0 Å². The first kappa shape index (κ1) is 11.4. The fraction of sp³-hybridized carbons (Fsp3) is 0.583. The molecule has 1 rings (SSSR count). The zero-order valence-corrected chi connectivity index (χ0v) is 9.82. The maximum atomic E-state index is 11.7. The van der Waals surface area contributed by atoms with Crippen molar-refractivity contribution in [2.75, 3.05) is 0 Å². The first-order valence-corrected chi connectivity index (χ1v) is 6.27. The molecule has 0 atom stereocenters. The summed E-state index contributed by atoms with van der Waals surface area (Å²) >= 11 is 1.60. The van der Waals surface area contributed by atoms with Crippen molar-refractivity contribution >= 4 is 17.1 Å². The van der Waals surface area contributed by atoms with Crippen LogP contribution < -0.4 is 0 Å². The summed E-state index contributed by atoms with van der Waals surface area (Å²) < 4.78 is 0. The predicted octanol–water partition coefficient (Wildman–Crippen LogP) is 4.07. The van der Waals surface area contributed by atoms with Crippen LogP contribution in [0.1, 0.15) is 54.8 Å². The summed E-state index contributed by atoms with van der Waals surface area (Å²) in [5, 5.41) is 2.04. The van der Waals surface area contributed by atoms with Crippen molar-refractivity contribution in [3.05, 3.63) is 21.9 Å². The maximum Gasteiger partial charge on any atom is 0.173 e. The van der Waals surface area contributed by atoms with Gasteiger partial charge in [-0.05, 0) is 36.3 Å². The van der Waals surface area contributed by atoms with E-state index in [1.54, 1.807) is 11.3 Å². The normalized spacial score (nSPS) is 10.4. The van der Waals surface area contributed by atoms with Gasteiger partial charge in [-0.25, -0.2) is 0 Å². The Hall–Kier alpha value is -0.630. The Labute approximate surface area is 90.2 Å². The van der Waals surface area contributed by atoms with E-state index in [1.165, 1.54) is 18.4 Å². The summed E-state index contributed by atoms with van der Waals surface area (Å²) in [5.74, 6) is 0.327. The Morgan fingerprint density at radius 2 is 2.14 bits per heavy atom. The molecule has 78 valence electrons. The van der Waals surface area contributed by atoms with Crippen LogP contribution in [0.2, 0.25) is 0 Å². The number of ketones is 1. The topological polar surface area (TPSA) is 17.1 Å². The Balaban J connectivity index is 2.66. The minimum Gasteiger partial charge on any atom is -0.293 e. The average Bonchev–Trinajstić information content (AvgIpc) is 2.63. The van der Waals surface area contributed by atoms with Crippen LogP contribution >= 0.6 is 11.3 Å². The molecule has 1 aromatic heterocycles. The van der Waals surface area contributed by atoms with Gasteiger partial charge in [-0.1, -0.05) is 20.3 Å². The maximum absolute atomic E-state index is 11.7. The molecule has 0 saturated heterocycles. The van der Waals surface area contributed by atoms with Gasteiger partial charge in [0.25, 0.3) is 0 Å². The molecule has 0 aliphatic carbocycles. The van der Waals surface area contributed by atoms with Crippen LogP contribution in [-0.4, -0.2) is 5.78 Å². The highest BCUT2D eigenvalue weighted by Gasteiger charge is 2.11. The number of Topliss-reactive ketones (excluding diaryl/α,β-unsaturated/α-hetero) is 1. The highest BCUT2D eigenvalue weighted by atomic mass is 32.1. The van der Waals surface area contributed by atoms with Crippen LogP contribution in [-0.2, 0) is 6.42 Å². The molecular weight excluding hydrogens is 192 g/mol. The molecular formula is C12H18OS. The predicted molar refractivity (Wildman–Crippen MR) is 62.2 cm³/mol. The zero-order valence-electron chi connectivity index (χ0n) is 9.01. The number of aryl methyl sites for hydroxylation is 1. The molecule has 0 aromatic carbocycles. The van der Waals surface area contributed by atoms with Crippen LogP contribution in [0.15, 0.2) is 11.4 Å². The fourth-order valence-electron chi connectivity index (χ4n) is 1.49. The third-order valence-electron chi connectivity index (χ3n) is 2.28. The van der Waals surface area contributed by atoms with E-state index >= 15 is 0 Å². The molecule has 1 nitrogen and oxygen atoms in total. The molecule has 1 heterocycles. The SMILES string of the molecule is CCCCc1ccsc1C(=O)CCC. The van der Waals surface area contributed by atoms with Crippen molar-refractivity contribution in [1.29, 1.82) is 0 Å². The van der Waals surface area contributed by atoms with Crippen molar-refractivity contribution < 1.29 is 4.79 Å². The van der Waals surface area contributed by atoms with E-state index in [2.05, 4.69) is 19.9 Å². The van der Waals surface area contributed by atoms with E-state index in [4.69, 9.17) is 0 Å². The van der Waals surface area contributed by atoms with Gasteiger partial charge in [0.2, 0.25) is 0 Å². The average molecular weight is 210 g/mol.